The van der Waals surface area contributed by atoms with Crippen molar-refractivity contribution in [2.75, 3.05) is 0 Å². The number of imide groups is 1. The van der Waals surface area contributed by atoms with E-state index in [1.807, 2.05) is 0 Å². The minimum Gasteiger partial charge on any atom is -0.504 e. The van der Waals surface area contributed by atoms with Crippen LogP contribution in [0.3, 0.4) is 0 Å². The largest absolute Gasteiger partial charge is 0.504 e. The number of fused-ring (bicyclic) bond motifs is 1. The summed E-state index contributed by atoms with van der Waals surface area (Å²) in [4.78, 5) is 25.3. The maximum atomic E-state index is 12.2. The van der Waals surface area contributed by atoms with Gasteiger partial charge in [0.25, 0.3) is 11.8 Å². The van der Waals surface area contributed by atoms with Gasteiger partial charge in [0.05, 0.1) is 16.1 Å². The predicted molar refractivity (Wildman–Crippen MR) is 65.0 cm³/mol. The minimum absolute atomic E-state index is 0.0506. The van der Waals surface area contributed by atoms with E-state index >= 15 is 0 Å². The van der Waals surface area contributed by atoms with E-state index < -0.39 is 28.9 Å². The van der Waals surface area contributed by atoms with Crippen molar-refractivity contribution in [1.29, 1.82) is 0 Å². The number of amides is 2. The zero-order valence-electron chi connectivity index (χ0n) is 10.1. The number of aromatic hydroxyl groups is 2. The number of nitrogens with zero attached hydrogens (tertiary/aromatic N) is 1. The van der Waals surface area contributed by atoms with Crippen molar-refractivity contribution in [3.05, 3.63) is 22.2 Å². The van der Waals surface area contributed by atoms with E-state index in [2.05, 4.69) is 0 Å². The van der Waals surface area contributed by atoms with E-state index in [0.717, 1.165) is 11.0 Å². The number of carbonyl (C=O) groups excluding carboxylic acids is 2. The molecule has 0 radical (unpaired) electrons. The number of carbonyl (C=O) groups is 2. The van der Waals surface area contributed by atoms with Crippen LogP contribution in [0.25, 0.3) is 0 Å². The second kappa shape index (κ2) is 3.62. The van der Waals surface area contributed by atoms with Gasteiger partial charge in [0, 0.05) is 11.6 Å². The molecule has 0 bridgehead atoms. The van der Waals surface area contributed by atoms with Gasteiger partial charge in [-0.3, -0.25) is 14.5 Å². The number of hydrogen-bond donors (Lipinski definition) is 2. The third kappa shape index (κ3) is 1.54. The van der Waals surface area contributed by atoms with Crippen molar-refractivity contribution in [3.63, 3.8) is 0 Å². The molecule has 2 rings (SSSR count). The van der Waals surface area contributed by atoms with Crippen LogP contribution in [0.15, 0.2) is 6.07 Å². The summed E-state index contributed by atoms with van der Waals surface area (Å²) in [5.41, 5.74) is -1.04. The zero-order chi connectivity index (χ0) is 13.8. The molecule has 0 atom stereocenters. The molecule has 0 saturated carbocycles. The van der Waals surface area contributed by atoms with Crippen LogP contribution < -0.4 is 0 Å². The Balaban J connectivity index is 2.74. The Labute approximate surface area is 109 Å². The molecule has 2 amide bonds. The van der Waals surface area contributed by atoms with E-state index in [4.69, 9.17) is 11.6 Å². The minimum atomic E-state index is -0.738. The van der Waals surface area contributed by atoms with Gasteiger partial charge in [0.1, 0.15) is 0 Å². The molecule has 1 aliphatic rings. The van der Waals surface area contributed by atoms with Crippen LogP contribution in [0, 0.1) is 0 Å². The maximum Gasteiger partial charge on any atom is 0.266 e. The summed E-state index contributed by atoms with van der Waals surface area (Å²) in [7, 11) is 0. The molecule has 0 spiro atoms. The molecule has 1 aromatic carbocycles. The molecule has 0 aliphatic carbocycles. The van der Waals surface area contributed by atoms with Crippen LogP contribution in [-0.2, 0) is 0 Å². The highest BCUT2D eigenvalue weighted by molar-refractivity contribution is 6.38. The van der Waals surface area contributed by atoms with Gasteiger partial charge in [-0.25, -0.2) is 0 Å². The van der Waals surface area contributed by atoms with Crippen molar-refractivity contribution in [2.24, 2.45) is 0 Å². The number of halogens is 1. The van der Waals surface area contributed by atoms with Gasteiger partial charge in [-0.1, -0.05) is 11.6 Å². The molecule has 96 valence electrons. The molecule has 5 nitrogen and oxygen atoms in total. The molecule has 0 fully saturated rings. The van der Waals surface area contributed by atoms with E-state index in [0.29, 0.717) is 0 Å². The summed E-state index contributed by atoms with van der Waals surface area (Å²) in [5.74, 6) is -2.35. The first-order valence-corrected chi connectivity index (χ1v) is 5.67. The summed E-state index contributed by atoms with van der Waals surface area (Å²) in [6.45, 7) is 5.08. The van der Waals surface area contributed by atoms with Gasteiger partial charge in [-0.15, -0.1) is 0 Å². The molecule has 1 aromatic rings. The van der Waals surface area contributed by atoms with Crippen LogP contribution in [-0.4, -0.2) is 32.5 Å². The lowest BCUT2D eigenvalue weighted by atomic mass is 10.1. The van der Waals surface area contributed by atoms with Crippen molar-refractivity contribution < 1.29 is 19.8 Å². The molecular weight excluding hydrogens is 258 g/mol. The highest BCUT2D eigenvalue weighted by Gasteiger charge is 2.45. The standard InChI is InChI=1S/C12H12ClNO4/c1-12(2,3)14-10(17)7-5(13)4-6(15)9(16)8(7)11(14)18/h4,15-16H,1-3H3. The van der Waals surface area contributed by atoms with Gasteiger partial charge in [-0.05, 0) is 20.8 Å². The summed E-state index contributed by atoms with van der Waals surface area (Å²) in [6.07, 6.45) is 0. The fourth-order valence-electron chi connectivity index (χ4n) is 1.97. The third-order valence-corrected chi connectivity index (χ3v) is 3.03. The van der Waals surface area contributed by atoms with Gasteiger partial charge in [0.15, 0.2) is 11.5 Å². The van der Waals surface area contributed by atoms with Gasteiger partial charge in [-0.2, -0.15) is 0 Å². The monoisotopic (exact) mass is 269 g/mol. The van der Waals surface area contributed by atoms with Crippen LogP contribution in [0.1, 0.15) is 41.5 Å². The number of rotatable bonds is 0. The van der Waals surface area contributed by atoms with Gasteiger partial charge < -0.3 is 10.2 Å². The van der Waals surface area contributed by atoms with Crippen molar-refractivity contribution in [1.82, 2.24) is 4.90 Å². The predicted octanol–water partition coefficient (Wildman–Crippen LogP) is 2.15. The lowest BCUT2D eigenvalue weighted by Gasteiger charge is -2.29. The van der Waals surface area contributed by atoms with E-state index in [-0.39, 0.29) is 16.1 Å². The first kappa shape index (κ1) is 12.7. The molecule has 0 saturated heterocycles. The van der Waals surface area contributed by atoms with Gasteiger partial charge >= 0.3 is 0 Å². The van der Waals surface area contributed by atoms with Crippen LogP contribution in [0.4, 0.5) is 0 Å². The number of phenols is 2. The topological polar surface area (TPSA) is 77.8 Å². The first-order valence-electron chi connectivity index (χ1n) is 5.29. The van der Waals surface area contributed by atoms with Gasteiger partial charge in [0.2, 0.25) is 0 Å². The van der Waals surface area contributed by atoms with E-state index in [1.165, 1.54) is 0 Å². The second-order valence-corrected chi connectivity index (χ2v) is 5.50. The lowest BCUT2D eigenvalue weighted by Crippen LogP contribution is -2.45. The maximum absolute atomic E-state index is 12.2. The average molecular weight is 270 g/mol. The number of benzene rings is 1. The van der Waals surface area contributed by atoms with E-state index in [1.54, 1.807) is 20.8 Å². The number of hydrogen-bond acceptors (Lipinski definition) is 4. The van der Waals surface area contributed by atoms with Crippen LogP contribution in [0.5, 0.6) is 11.5 Å². The van der Waals surface area contributed by atoms with Crippen LogP contribution >= 0.6 is 11.6 Å². The Morgan fingerprint density at radius 3 is 2.11 bits per heavy atom. The molecule has 2 N–H and O–H groups in total. The normalized spacial score (nSPS) is 15.2. The Morgan fingerprint density at radius 2 is 1.61 bits per heavy atom. The lowest BCUT2D eigenvalue weighted by molar-refractivity contribution is 0.0507. The highest BCUT2D eigenvalue weighted by atomic mass is 35.5. The first-order chi connectivity index (χ1) is 8.16. The molecular formula is C12H12ClNO4. The number of phenolic OH excluding ortho intramolecular Hbond substituents is 2. The molecule has 0 unspecified atom stereocenters. The average Bonchev–Trinajstić information content (AvgIpc) is 2.46. The highest BCUT2D eigenvalue weighted by Crippen LogP contribution is 2.42. The fraction of sp³-hybridized carbons (Fsp3) is 0.333. The second-order valence-electron chi connectivity index (χ2n) is 5.09. The Bertz CT molecular complexity index is 574. The summed E-state index contributed by atoms with van der Waals surface area (Å²) in [6, 6.07) is 1.05. The molecule has 1 heterocycles. The third-order valence-electron chi connectivity index (χ3n) is 2.74. The molecule has 6 heteroatoms. The van der Waals surface area contributed by atoms with E-state index in [9.17, 15) is 19.8 Å². The van der Waals surface area contributed by atoms with Crippen molar-refractivity contribution >= 4 is 23.4 Å². The SMILES string of the molecule is CC(C)(C)N1C(=O)c2c(Cl)cc(O)c(O)c2C1=O. The Morgan fingerprint density at radius 1 is 1.11 bits per heavy atom. The fourth-order valence-corrected chi connectivity index (χ4v) is 2.25. The van der Waals surface area contributed by atoms with Crippen molar-refractivity contribution in [3.8, 4) is 11.5 Å². The molecule has 18 heavy (non-hydrogen) atoms. The smallest absolute Gasteiger partial charge is 0.266 e. The zero-order valence-corrected chi connectivity index (χ0v) is 10.9. The quantitative estimate of drug-likeness (QED) is 0.559. The molecule has 1 aliphatic heterocycles. The van der Waals surface area contributed by atoms with Crippen molar-refractivity contribution in [2.45, 2.75) is 26.3 Å². The summed E-state index contributed by atoms with van der Waals surface area (Å²) >= 11 is 5.85. The summed E-state index contributed by atoms with van der Waals surface area (Å²) < 4.78 is 0. The van der Waals surface area contributed by atoms with Crippen LogP contribution in [0.2, 0.25) is 5.02 Å². The summed E-state index contributed by atoms with van der Waals surface area (Å²) in [5, 5.41) is 19.1. The Hall–Kier alpha value is -1.75. The Kier molecular flexibility index (Phi) is 2.55. The molecule has 0 aromatic heterocycles.